The zero-order valence-electron chi connectivity index (χ0n) is 12.1. The van der Waals surface area contributed by atoms with Gasteiger partial charge in [-0.3, -0.25) is 0 Å². The van der Waals surface area contributed by atoms with Crippen LogP contribution in [0.2, 0.25) is 0 Å². The van der Waals surface area contributed by atoms with Gasteiger partial charge in [-0.05, 0) is 43.7 Å². The second-order valence-corrected chi connectivity index (χ2v) is 4.92. The van der Waals surface area contributed by atoms with Gasteiger partial charge in [0.2, 0.25) is 0 Å². The van der Waals surface area contributed by atoms with E-state index in [9.17, 15) is 5.11 Å². The van der Waals surface area contributed by atoms with Crippen molar-refractivity contribution >= 4 is 0 Å². The summed E-state index contributed by atoms with van der Waals surface area (Å²) >= 11 is 0. The Morgan fingerprint density at radius 3 is 2.16 bits per heavy atom. The molecule has 1 rings (SSSR count). The lowest BCUT2D eigenvalue weighted by molar-refractivity contribution is 0.106. The van der Waals surface area contributed by atoms with Crippen LogP contribution in [0.4, 0.5) is 0 Å². The molecule has 0 saturated carbocycles. The third kappa shape index (κ3) is 7.03. The lowest BCUT2D eigenvalue weighted by Crippen LogP contribution is -2.33. The van der Waals surface area contributed by atoms with Gasteiger partial charge in [-0.2, -0.15) is 0 Å². The summed E-state index contributed by atoms with van der Waals surface area (Å²) in [5.74, 6) is 2.15. The van der Waals surface area contributed by atoms with E-state index in [4.69, 9.17) is 9.47 Å². The molecule has 0 fully saturated rings. The molecular weight excluding hydrogens is 242 g/mol. The van der Waals surface area contributed by atoms with E-state index in [0.717, 1.165) is 18.0 Å². The minimum atomic E-state index is -0.495. The molecule has 1 unspecified atom stereocenters. The molecule has 2 N–H and O–H groups in total. The van der Waals surface area contributed by atoms with Gasteiger partial charge in [-0.25, -0.2) is 0 Å². The van der Waals surface area contributed by atoms with Gasteiger partial charge in [0.1, 0.15) is 24.2 Å². The average Bonchev–Trinajstić information content (AvgIpc) is 2.38. The summed E-state index contributed by atoms with van der Waals surface area (Å²) in [4.78, 5) is 0. The van der Waals surface area contributed by atoms with Crippen LogP contribution in [-0.4, -0.2) is 37.5 Å². The van der Waals surface area contributed by atoms with Gasteiger partial charge in [-0.15, -0.1) is 0 Å². The fourth-order valence-electron chi connectivity index (χ4n) is 1.59. The largest absolute Gasteiger partial charge is 0.494 e. The summed E-state index contributed by atoms with van der Waals surface area (Å²) in [6.07, 6.45) is -0.495. The summed E-state index contributed by atoms with van der Waals surface area (Å²) in [7, 11) is 0. The predicted molar refractivity (Wildman–Crippen MR) is 76.8 cm³/mol. The molecule has 0 heterocycles. The Bertz CT molecular complexity index is 338. The molecule has 0 amide bonds. The maximum Gasteiger partial charge on any atom is 0.119 e. The van der Waals surface area contributed by atoms with Gasteiger partial charge in [0, 0.05) is 6.54 Å². The molecule has 0 spiro atoms. The van der Waals surface area contributed by atoms with Crippen molar-refractivity contribution in [2.75, 3.05) is 26.3 Å². The molecule has 108 valence electrons. The van der Waals surface area contributed by atoms with Crippen molar-refractivity contribution in [1.82, 2.24) is 5.32 Å². The highest BCUT2D eigenvalue weighted by atomic mass is 16.5. The molecule has 0 saturated heterocycles. The molecule has 19 heavy (non-hydrogen) atoms. The highest BCUT2D eigenvalue weighted by molar-refractivity contribution is 5.31. The van der Waals surface area contributed by atoms with E-state index in [1.807, 2.05) is 31.2 Å². The lowest BCUT2D eigenvalue weighted by atomic mass is 10.2. The van der Waals surface area contributed by atoms with E-state index >= 15 is 0 Å². The number of aliphatic hydroxyl groups is 1. The molecule has 4 nitrogen and oxygen atoms in total. The lowest BCUT2D eigenvalue weighted by Gasteiger charge is -2.14. The first-order chi connectivity index (χ1) is 9.11. The van der Waals surface area contributed by atoms with Crippen LogP contribution in [0.1, 0.15) is 20.8 Å². The number of ether oxygens (including phenoxy) is 2. The fraction of sp³-hybridized carbons (Fsp3) is 0.600. The van der Waals surface area contributed by atoms with Gasteiger partial charge >= 0.3 is 0 Å². The van der Waals surface area contributed by atoms with E-state index in [1.54, 1.807) is 0 Å². The number of hydrogen-bond acceptors (Lipinski definition) is 4. The van der Waals surface area contributed by atoms with E-state index < -0.39 is 6.10 Å². The number of hydrogen-bond donors (Lipinski definition) is 2. The third-order valence-electron chi connectivity index (χ3n) is 2.51. The molecule has 4 heteroatoms. The monoisotopic (exact) mass is 267 g/mol. The Labute approximate surface area is 115 Å². The van der Waals surface area contributed by atoms with Gasteiger partial charge in [0.25, 0.3) is 0 Å². The van der Waals surface area contributed by atoms with E-state index in [-0.39, 0.29) is 0 Å². The first-order valence-electron chi connectivity index (χ1n) is 6.86. The molecule has 1 aromatic rings. The van der Waals surface area contributed by atoms with Crippen LogP contribution >= 0.6 is 0 Å². The van der Waals surface area contributed by atoms with Crippen LogP contribution < -0.4 is 14.8 Å². The summed E-state index contributed by atoms with van der Waals surface area (Å²) in [6.45, 7) is 8.62. The van der Waals surface area contributed by atoms with Crippen molar-refractivity contribution in [2.24, 2.45) is 5.92 Å². The normalized spacial score (nSPS) is 12.5. The van der Waals surface area contributed by atoms with Crippen LogP contribution in [0, 0.1) is 5.92 Å². The summed E-state index contributed by atoms with van der Waals surface area (Å²) in [5, 5.41) is 12.9. The highest BCUT2D eigenvalue weighted by Crippen LogP contribution is 2.17. The molecule has 0 aliphatic heterocycles. The Balaban J connectivity index is 2.23. The predicted octanol–water partition coefficient (Wildman–Crippen LogP) is 2.07. The van der Waals surface area contributed by atoms with Crippen LogP contribution in [0.3, 0.4) is 0 Å². The molecular formula is C15H25NO3. The molecule has 0 aliphatic rings. The SMILES string of the molecule is CCOc1ccc(OCC(O)CNCC(C)C)cc1. The maximum absolute atomic E-state index is 9.75. The zero-order chi connectivity index (χ0) is 14.1. The third-order valence-corrected chi connectivity index (χ3v) is 2.51. The van der Waals surface area contributed by atoms with Crippen molar-refractivity contribution in [3.63, 3.8) is 0 Å². The summed E-state index contributed by atoms with van der Waals surface area (Å²) < 4.78 is 10.9. The van der Waals surface area contributed by atoms with E-state index in [1.165, 1.54) is 0 Å². The Morgan fingerprint density at radius 2 is 1.63 bits per heavy atom. The average molecular weight is 267 g/mol. The summed E-state index contributed by atoms with van der Waals surface area (Å²) in [6, 6.07) is 7.42. The molecule has 0 bridgehead atoms. The van der Waals surface area contributed by atoms with Crippen molar-refractivity contribution < 1.29 is 14.6 Å². The van der Waals surface area contributed by atoms with Crippen molar-refractivity contribution in [2.45, 2.75) is 26.9 Å². The number of benzene rings is 1. The molecule has 0 aromatic heterocycles. The zero-order valence-corrected chi connectivity index (χ0v) is 12.1. The van der Waals surface area contributed by atoms with E-state index in [0.29, 0.717) is 25.7 Å². The van der Waals surface area contributed by atoms with Crippen molar-refractivity contribution in [3.05, 3.63) is 24.3 Å². The molecule has 0 radical (unpaired) electrons. The first kappa shape index (κ1) is 15.8. The van der Waals surface area contributed by atoms with E-state index in [2.05, 4.69) is 19.2 Å². The molecule has 0 aliphatic carbocycles. The molecule has 1 atom stereocenters. The Kier molecular flexibility index (Phi) is 7.30. The Hall–Kier alpha value is -1.26. The van der Waals surface area contributed by atoms with Gasteiger partial charge < -0.3 is 19.9 Å². The van der Waals surface area contributed by atoms with Crippen LogP contribution in [0.5, 0.6) is 11.5 Å². The minimum absolute atomic E-state index is 0.291. The second kappa shape index (κ2) is 8.77. The van der Waals surface area contributed by atoms with Gasteiger partial charge in [0.05, 0.1) is 6.61 Å². The van der Waals surface area contributed by atoms with Crippen LogP contribution in [0.15, 0.2) is 24.3 Å². The van der Waals surface area contributed by atoms with Crippen molar-refractivity contribution in [3.8, 4) is 11.5 Å². The van der Waals surface area contributed by atoms with Crippen LogP contribution in [-0.2, 0) is 0 Å². The Morgan fingerprint density at radius 1 is 1.05 bits per heavy atom. The fourth-order valence-corrected chi connectivity index (χ4v) is 1.59. The second-order valence-electron chi connectivity index (χ2n) is 4.92. The van der Waals surface area contributed by atoms with Crippen LogP contribution in [0.25, 0.3) is 0 Å². The first-order valence-corrected chi connectivity index (χ1v) is 6.86. The number of aliphatic hydroxyl groups excluding tert-OH is 1. The standard InChI is InChI=1S/C15H25NO3/c1-4-18-14-5-7-15(8-6-14)19-11-13(17)10-16-9-12(2)3/h5-8,12-13,16-17H,4,9-11H2,1-3H3. The quantitative estimate of drug-likeness (QED) is 0.719. The number of rotatable bonds is 9. The minimum Gasteiger partial charge on any atom is -0.494 e. The topological polar surface area (TPSA) is 50.7 Å². The highest BCUT2D eigenvalue weighted by Gasteiger charge is 2.05. The van der Waals surface area contributed by atoms with Gasteiger partial charge in [-0.1, -0.05) is 13.8 Å². The summed E-state index contributed by atoms with van der Waals surface area (Å²) in [5.41, 5.74) is 0. The number of nitrogens with one attached hydrogen (secondary N) is 1. The van der Waals surface area contributed by atoms with Crippen molar-refractivity contribution in [1.29, 1.82) is 0 Å². The molecule has 1 aromatic carbocycles. The smallest absolute Gasteiger partial charge is 0.119 e. The van der Waals surface area contributed by atoms with Gasteiger partial charge in [0.15, 0.2) is 0 Å². The maximum atomic E-state index is 9.75.